The minimum atomic E-state index is -0.383. The van der Waals surface area contributed by atoms with E-state index in [4.69, 9.17) is 10.8 Å². The second-order valence-electron chi connectivity index (χ2n) is 3.91. The van der Waals surface area contributed by atoms with Crippen molar-refractivity contribution in [2.24, 2.45) is 5.73 Å². The zero-order valence-corrected chi connectivity index (χ0v) is 9.14. The molecule has 1 rings (SSSR count). The number of aliphatic hydroxyl groups excluding tert-OH is 1. The van der Waals surface area contributed by atoms with Crippen molar-refractivity contribution in [2.45, 2.75) is 12.6 Å². The Balaban J connectivity index is 2.94. The first-order chi connectivity index (χ1) is 7.04. The summed E-state index contributed by atoms with van der Waals surface area (Å²) in [5, 5.41) is 18.5. The number of aliphatic hydroxyl groups is 1. The van der Waals surface area contributed by atoms with E-state index >= 15 is 0 Å². The van der Waals surface area contributed by atoms with Gasteiger partial charge in [-0.05, 0) is 31.8 Å². The third kappa shape index (κ3) is 3.20. The highest BCUT2D eigenvalue weighted by Crippen LogP contribution is 2.22. The zero-order valence-electron chi connectivity index (χ0n) is 9.14. The Labute approximate surface area is 89.9 Å². The van der Waals surface area contributed by atoms with Gasteiger partial charge in [0, 0.05) is 12.1 Å². The van der Waals surface area contributed by atoms with E-state index in [2.05, 4.69) is 0 Å². The Morgan fingerprint density at radius 3 is 2.60 bits per heavy atom. The SMILES string of the molecule is CN(C)Cc1cc([C@H](N)CO)ccc1O. The predicted octanol–water partition coefficient (Wildman–Crippen LogP) is 0.446. The molecule has 15 heavy (non-hydrogen) atoms. The van der Waals surface area contributed by atoms with Crippen molar-refractivity contribution in [1.82, 2.24) is 4.90 Å². The molecule has 0 bridgehead atoms. The Morgan fingerprint density at radius 2 is 2.07 bits per heavy atom. The van der Waals surface area contributed by atoms with E-state index in [0.717, 1.165) is 11.1 Å². The quantitative estimate of drug-likeness (QED) is 0.674. The van der Waals surface area contributed by atoms with Gasteiger partial charge in [-0.2, -0.15) is 0 Å². The molecule has 1 aromatic carbocycles. The van der Waals surface area contributed by atoms with Crippen molar-refractivity contribution < 1.29 is 10.2 Å². The molecule has 0 radical (unpaired) electrons. The highest BCUT2D eigenvalue weighted by Gasteiger charge is 2.08. The highest BCUT2D eigenvalue weighted by molar-refractivity contribution is 5.37. The maximum Gasteiger partial charge on any atom is 0.120 e. The average molecular weight is 210 g/mol. The molecule has 0 spiro atoms. The van der Waals surface area contributed by atoms with Crippen LogP contribution in [0.25, 0.3) is 0 Å². The summed E-state index contributed by atoms with van der Waals surface area (Å²) in [6.07, 6.45) is 0. The fraction of sp³-hybridized carbons (Fsp3) is 0.455. The molecule has 4 N–H and O–H groups in total. The average Bonchev–Trinajstić information content (AvgIpc) is 2.19. The molecule has 4 heteroatoms. The number of hydrogen-bond acceptors (Lipinski definition) is 4. The molecule has 84 valence electrons. The van der Waals surface area contributed by atoms with Crippen LogP contribution in [-0.2, 0) is 6.54 Å². The lowest BCUT2D eigenvalue weighted by Crippen LogP contribution is -2.16. The van der Waals surface area contributed by atoms with Gasteiger partial charge in [0.15, 0.2) is 0 Å². The van der Waals surface area contributed by atoms with Crippen LogP contribution in [-0.4, -0.2) is 35.8 Å². The van der Waals surface area contributed by atoms with Crippen LogP contribution in [0.15, 0.2) is 18.2 Å². The molecular formula is C11H18N2O2. The van der Waals surface area contributed by atoms with Gasteiger partial charge in [-0.3, -0.25) is 0 Å². The van der Waals surface area contributed by atoms with Gasteiger partial charge in [0.1, 0.15) is 5.75 Å². The van der Waals surface area contributed by atoms with Gasteiger partial charge in [0.25, 0.3) is 0 Å². The normalized spacial score (nSPS) is 13.1. The minimum absolute atomic E-state index is 0.0911. The molecule has 0 aliphatic heterocycles. The van der Waals surface area contributed by atoms with Crippen molar-refractivity contribution in [1.29, 1.82) is 0 Å². The largest absolute Gasteiger partial charge is 0.508 e. The van der Waals surface area contributed by atoms with E-state index < -0.39 is 0 Å². The van der Waals surface area contributed by atoms with E-state index in [1.165, 1.54) is 0 Å². The first-order valence-electron chi connectivity index (χ1n) is 4.87. The summed E-state index contributed by atoms with van der Waals surface area (Å²) in [6, 6.07) is 4.79. The summed E-state index contributed by atoms with van der Waals surface area (Å²) in [7, 11) is 3.86. The molecule has 0 saturated heterocycles. The summed E-state index contributed by atoms with van der Waals surface area (Å²) in [5.41, 5.74) is 7.36. The fourth-order valence-corrected chi connectivity index (χ4v) is 1.41. The second kappa shape index (κ2) is 5.11. The maximum absolute atomic E-state index is 9.61. The molecule has 0 aliphatic carbocycles. The van der Waals surface area contributed by atoms with Gasteiger partial charge >= 0.3 is 0 Å². The summed E-state index contributed by atoms with van der Waals surface area (Å²) in [5.74, 6) is 0.262. The number of benzene rings is 1. The van der Waals surface area contributed by atoms with Crippen molar-refractivity contribution in [2.75, 3.05) is 20.7 Å². The predicted molar refractivity (Wildman–Crippen MR) is 59.5 cm³/mol. The van der Waals surface area contributed by atoms with Gasteiger partial charge in [-0.15, -0.1) is 0 Å². The Hall–Kier alpha value is -1.10. The smallest absolute Gasteiger partial charge is 0.120 e. The van der Waals surface area contributed by atoms with Gasteiger partial charge < -0.3 is 20.8 Å². The maximum atomic E-state index is 9.61. The number of phenolic OH excluding ortho intramolecular Hbond substituents is 1. The van der Waals surface area contributed by atoms with Gasteiger partial charge in [-0.1, -0.05) is 6.07 Å². The first-order valence-corrected chi connectivity index (χ1v) is 4.87. The van der Waals surface area contributed by atoms with E-state index in [1.807, 2.05) is 25.1 Å². The number of phenols is 1. The topological polar surface area (TPSA) is 69.7 Å². The molecular weight excluding hydrogens is 192 g/mol. The van der Waals surface area contributed by atoms with Crippen LogP contribution in [0.5, 0.6) is 5.75 Å². The van der Waals surface area contributed by atoms with Crippen molar-refractivity contribution >= 4 is 0 Å². The first kappa shape index (κ1) is 12.0. The summed E-state index contributed by atoms with van der Waals surface area (Å²) >= 11 is 0. The van der Waals surface area contributed by atoms with E-state index in [9.17, 15) is 5.11 Å². The van der Waals surface area contributed by atoms with Crippen molar-refractivity contribution in [3.8, 4) is 5.75 Å². The Kier molecular flexibility index (Phi) is 4.08. The van der Waals surface area contributed by atoms with Gasteiger partial charge in [-0.25, -0.2) is 0 Å². The molecule has 0 heterocycles. The molecule has 0 fully saturated rings. The molecule has 0 amide bonds. The van der Waals surface area contributed by atoms with E-state index in [0.29, 0.717) is 6.54 Å². The Morgan fingerprint density at radius 1 is 1.40 bits per heavy atom. The minimum Gasteiger partial charge on any atom is -0.508 e. The summed E-state index contributed by atoms with van der Waals surface area (Å²) < 4.78 is 0. The summed E-state index contributed by atoms with van der Waals surface area (Å²) in [6.45, 7) is 0.560. The Bertz CT molecular complexity index is 326. The van der Waals surface area contributed by atoms with Gasteiger partial charge in [0.2, 0.25) is 0 Å². The molecule has 1 aromatic rings. The third-order valence-corrected chi connectivity index (χ3v) is 2.21. The molecule has 0 saturated carbocycles. The molecule has 0 aromatic heterocycles. The lowest BCUT2D eigenvalue weighted by Gasteiger charge is -2.14. The fourth-order valence-electron chi connectivity index (χ4n) is 1.41. The van der Waals surface area contributed by atoms with Crippen LogP contribution in [0, 0.1) is 0 Å². The molecule has 1 atom stereocenters. The van der Waals surface area contributed by atoms with Crippen LogP contribution < -0.4 is 5.73 Å². The third-order valence-electron chi connectivity index (χ3n) is 2.21. The van der Waals surface area contributed by atoms with E-state index in [1.54, 1.807) is 12.1 Å². The lowest BCUT2D eigenvalue weighted by atomic mass is 10.0. The van der Waals surface area contributed by atoms with Crippen LogP contribution in [0.3, 0.4) is 0 Å². The van der Waals surface area contributed by atoms with Crippen molar-refractivity contribution in [3.05, 3.63) is 29.3 Å². The van der Waals surface area contributed by atoms with Crippen molar-refractivity contribution in [3.63, 3.8) is 0 Å². The number of nitrogens with zero attached hydrogens (tertiary/aromatic N) is 1. The number of rotatable bonds is 4. The van der Waals surface area contributed by atoms with Crippen LogP contribution in [0.4, 0.5) is 0 Å². The van der Waals surface area contributed by atoms with E-state index in [-0.39, 0.29) is 18.4 Å². The summed E-state index contributed by atoms with van der Waals surface area (Å²) in [4.78, 5) is 1.96. The highest BCUT2D eigenvalue weighted by atomic mass is 16.3. The zero-order chi connectivity index (χ0) is 11.4. The number of nitrogens with two attached hydrogens (primary N) is 1. The molecule has 0 unspecified atom stereocenters. The second-order valence-corrected chi connectivity index (χ2v) is 3.91. The molecule has 4 nitrogen and oxygen atoms in total. The number of aromatic hydroxyl groups is 1. The van der Waals surface area contributed by atoms with Crippen LogP contribution >= 0.6 is 0 Å². The lowest BCUT2D eigenvalue weighted by molar-refractivity contribution is 0.267. The van der Waals surface area contributed by atoms with Gasteiger partial charge in [0.05, 0.1) is 12.6 Å². The number of hydrogen-bond donors (Lipinski definition) is 3. The van der Waals surface area contributed by atoms with Crippen LogP contribution in [0.1, 0.15) is 17.2 Å². The standard InChI is InChI=1S/C11H18N2O2/c1-13(2)6-9-5-8(10(12)7-14)3-4-11(9)15/h3-5,10,14-15H,6-7,12H2,1-2H3/t10-/m1/s1. The monoisotopic (exact) mass is 210 g/mol. The molecule has 0 aliphatic rings. The van der Waals surface area contributed by atoms with Crippen LogP contribution in [0.2, 0.25) is 0 Å².